The molecule has 0 bridgehead atoms. The summed E-state index contributed by atoms with van der Waals surface area (Å²) in [6.07, 6.45) is 0.893. The number of primary amides is 1. The van der Waals surface area contributed by atoms with Gasteiger partial charge in [-0.3, -0.25) is 4.79 Å². The fraction of sp³-hybridized carbons (Fsp3) is 0.0952. The molecule has 1 aliphatic carbocycles. The molecule has 0 heterocycles. The van der Waals surface area contributed by atoms with E-state index in [-0.39, 0.29) is 5.91 Å². The van der Waals surface area contributed by atoms with Crippen molar-refractivity contribution in [1.82, 2.24) is 0 Å². The van der Waals surface area contributed by atoms with Gasteiger partial charge < -0.3 is 10.8 Å². The monoisotopic (exact) mass is 317 g/mol. The molecule has 0 radical (unpaired) electrons. The van der Waals surface area contributed by atoms with Gasteiger partial charge in [-0.25, -0.2) is 0 Å². The van der Waals surface area contributed by atoms with Crippen LogP contribution in [0.5, 0.6) is 5.75 Å². The normalized spacial score (nSPS) is 11.0. The summed E-state index contributed by atoms with van der Waals surface area (Å²) >= 11 is 0. The predicted molar refractivity (Wildman–Crippen MR) is 96.7 cm³/mol. The fourth-order valence-electron chi connectivity index (χ4n) is 3.10. The van der Waals surface area contributed by atoms with Gasteiger partial charge in [-0.2, -0.15) is 0 Å². The van der Waals surface area contributed by atoms with Gasteiger partial charge in [-0.15, -0.1) is 0 Å². The number of amides is 1. The molecule has 3 heteroatoms. The van der Waals surface area contributed by atoms with Gasteiger partial charge in [0, 0.05) is 6.92 Å². The summed E-state index contributed by atoms with van der Waals surface area (Å²) in [4.78, 5) is 9.22. The molecule has 0 aromatic heterocycles. The van der Waals surface area contributed by atoms with Crippen LogP contribution in [0.25, 0.3) is 22.3 Å². The van der Waals surface area contributed by atoms with Crippen LogP contribution in [0.1, 0.15) is 18.1 Å². The molecule has 0 saturated heterocycles. The molecule has 0 aliphatic heterocycles. The van der Waals surface area contributed by atoms with E-state index in [2.05, 4.69) is 48.2 Å². The predicted octanol–water partition coefficient (Wildman–Crippen LogP) is 4.12. The third-order valence-electron chi connectivity index (χ3n) is 4.01. The van der Waals surface area contributed by atoms with Gasteiger partial charge in [-0.1, -0.05) is 54.6 Å². The van der Waals surface area contributed by atoms with E-state index in [1.165, 1.54) is 40.3 Å². The summed E-state index contributed by atoms with van der Waals surface area (Å²) in [5.41, 5.74) is 12.1. The molecule has 0 saturated carbocycles. The summed E-state index contributed by atoms with van der Waals surface area (Å²) in [7, 11) is 0. The van der Waals surface area contributed by atoms with Gasteiger partial charge in [0.05, 0.1) is 0 Å². The molecule has 3 aromatic carbocycles. The first-order valence-corrected chi connectivity index (χ1v) is 7.82. The van der Waals surface area contributed by atoms with Gasteiger partial charge in [0.15, 0.2) is 0 Å². The fourth-order valence-corrected chi connectivity index (χ4v) is 3.10. The van der Waals surface area contributed by atoms with E-state index in [9.17, 15) is 9.90 Å². The van der Waals surface area contributed by atoms with E-state index in [1.807, 2.05) is 18.2 Å². The second-order valence-corrected chi connectivity index (χ2v) is 5.83. The number of phenols is 1. The number of rotatable bonds is 1. The maximum atomic E-state index is 9.66. The molecular weight excluding hydrogens is 298 g/mol. The molecule has 0 fully saturated rings. The Balaban J connectivity index is 0.000000383. The van der Waals surface area contributed by atoms with Crippen molar-refractivity contribution in [3.8, 4) is 28.0 Å². The first-order chi connectivity index (χ1) is 11.6. The van der Waals surface area contributed by atoms with Crippen LogP contribution in [0.15, 0.2) is 66.7 Å². The second kappa shape index (κ2) is 6.59. The average molecular weight is 317 g/mol. The van der Waals surface area contributed by atoms with Gasteiger partial charge in [-0.05, 0) is 51.9 Å². The molecule has 1 aliphatic rings. The zero-order valence-corrected chi connectivity index (χ0v) is 13.5. The van der Waals surface area contributed by atoms with Crippen LogP contribution < -0.4 is 5.73 Å². The number of benzene rings is 3. The van der Waals surface area contributed by atoms with Crippen LogP contribution in [0.3, 0.4) is 0 Å². The van der Waals surface area contributed by atoms with Crippen molar-refractivity contribution >= 4 is 5.91 Å². The van der Waals surface area contributed by atoms with E-state index < -0.39 is 0 Å². The topological polar surface area (TPSA) is 63.3 Å². The highest BCUT2D eigenvalue weighted by Crippen LogP contribution is 2.42. The number of aromatic hydroxyl groups is 1. The Hall–Kier alpha value is -3.07. The van der Waals surface area contributed by atoms with Crippen LogP contribution in [0, 0.1) is 0 Å². The number of phenolic OH excluding ortho intramolecular Hbond substituents is 1. The van der Waals surface area contributed by atoms with Crippen molar-refractivity contribution in [2.75, 3.05) is 0 Å². The summed E-state index contributed by atoms with van der Waals surface area (Å²) in [5.74, 6) is 0.0119. The van der Waals surface area contributed by atoms with Crippen LogP contribution in [0.2, 0.25) is 0 Å². The zero-order valence-electron chi connectivity index (χ0n) is 13.5. The molecule has 0 spiro atoms. The molecule has 0 unspecified atom stereocenters. The van der Waals surface area contributed by atoms with E-state index in [1.54, 1.807) is 6.07 Å². The molecule has 3 aromatic rings. The van der Waals surface area contributed by atoms with E-state index in [4.69, 9.17) is 0 Å². The molecule has 3 N–H and O–H groups in total. The molecule has 3 nitrogen and oxygen atoms in total. The van der Waals surface area contributed by atoms with Crippen molar-refractivity contribution < 1.29 is 9.90 Å². The number of carbonyl (C=O) groups is 1. The van der Waals surface area contributed by atoms with Crippen molar-refractivity contribution in [3.05, 3.63) is 77.9 Å². The quantitative estimate of drug-likeness (QED) is 0.554. The number of hydrogen-bond donors (Lipinski definition) is 2. The van der Waals surface area contributed by atoms with E-state index in [0.717, 1.165) is 6.42 Å². The summed E-state index contributed by atoms with van der Waals surface area (Å²) in [5, 5.41) is 9.66. The minimum atomic E-state index is -0.333. The summed E-state index contributed by atoms with van der Waals surface area (Å²) in [6, 6.07) is 22.6. The highest BCUT2D eigenvalue weighted by Gasteiger charge is 2.21. The lowest BCUT2D eigenvalue weighted by atomic mass is 9.96. The van der Waals surface area contributed by atoms with Crippen molar-refractivity contribution in [3.63, 3.8) is 0 Å². The lowest BCUT2D eigenvalue weighted by Crippen LogP contribution is -2.01. The highest BCUT2D eigenvalue weighted by molar-refractivity contribution is 5.85. The van der Waals surface area contributed by atoms with E-state index >= 15 is 0 Å². The highest BCUT2D eigenvalue weighted by atomic mass is 16.3. The molecule has 120 valence electrons. The first-order valence-electron chi connectivity index (χ1n) is 7.82. The number of carbonyl (C=O) groups excluding carboxylic acids is 1. The number of fused-ring (bicyclic) bond motifs is 3. The molecular formula is C21H19NO2. The van der Waals surface area contributed by atoms with E-state index in [0.29, 0.717) is 5.75 Å². The number of nitrogens with two attached hydrogens (primary N) is 1. The lowest BCUT2D eigenvalue weighted by Gasteiger charge is -2.08. The Labute approximate surface area is 141 Å². The SMILES string of the molecule is CC(N)=O.Oc1ccc2c(c1)Cc1c(-c3ccccc3)cccc1-2. The zero-order chi connectivity index (χ0) is 17.1. The van der Waals surface area contributed by atoms with Crippen LogP contribution in [0.4, 0.5) is 0 Å². The molecule has 1 amide bonds. The second-order valence-electron chi connectivity index (χ2n) is 5.83. The lowest BCUT2D eigenvalue weighted by molar-refractivity contribution is -0.115. The summed E-state index contributed by atoms with van der Waals surface area (Å²) in [6.45, 7) is 1.31. The van der Waals surface area contributed by atoms with Crippen molar-refractivity contribution in [1.29, 1.82) is 0 Å². The Bertz CT molecular complexity index is 882. The smallest absolute Gasteiger partial charge is 0.214 e. The minimum Gasteiger partial charge on any atom is -0.508 e. The molecule has 4 rings (SSSR count). The Morgan fingerprint density at radius 3 is 2.29 bits per heavy atom. The van der Waals surface area contributed by atoms with Gasteiger partial charge in [0.25, 0.3) is 0 Å². The first kappa shape index (κ1) is 15.8. The molecule has 24 heavy (non-hydrogen) atoms. The Kier molecular flexibility index (Phi) is 4.34. The summed E-state index contributed by atoms with van der Waals surface area (Å²) < 4.78 is 0. The Morgan fingerprint density at radius 2 is 1.58 bits per heavy atom. The van der Waals surface area contributed by atoms with Gasteiger partial charge in [0.2, 0.25) is 5.91 Å². The Morgan fingerprint density at radius 1 is 0.917 bits per heavy atom. The average Bonchev–Trinajstić information content (AvgIpc) is 2.92. The van der Waals surface area contributed by atoms with Crippen LogP contribution >= 0.6 is 0 Å². The van der Waals surface area contributed by atoms with Crippen molar-refractivity contribution in [2.24, 2.45) is 5.73 Å². The largest absolute Gasteiger partial charge is 0.508 e. The third-order valence-corrected chi connectivity index (χ3v) is 4.01. The standard InChI is InChI=1S/C19H14O.C2H5NO/c20-15-9-10-17-14(11-15)12-19-16(7-4-8-18(17)19)13-5-2-1-3-6-13;1-2(3)4/h1-11,20H,12H2;1H3,(H2,3,4). The van der Waals surface area contributed by atoms with Crippen LogP contribution in [-0.2, 0) is 11.2 Å². The third kappa shape index (κ3) is 3.15. The van der Waals surface area contributed by atoms with Crippen molar-refractivity contribution in [2.45, 2.75) is 13.3 Å². The maximum Gasteiger partial charge on any atom is 0.214 e. The van der Waals surface area contributed by atoms with Gasteiger partial charge in [0.1, 0.15) is 5.75 Å². The van der Waals surface area contributed by atoms with Crippen LogP contribution in [-0.4, -0.2) is 11.0 Å². The number of hydrogen-bond acceptors (Lipinski definition) is 2. The minimum absolute atomic E-state index is 0.333. The maximum absolute atomic E-state index is 9.66. The molecule has 0 atom stereocenters. The van der Waals surface area contributed by atoms with Gasteiger partial charge >= 0.3 is 0 Å².